The molecule has 1 aromatic rings. The van der Waals surface area contributed by atoms with E-state index in [0.29, 0.717) is 6.42 Å². The van der Waals surface area contributed by atoms with E-state index >= 15 is 0 Å². The van der Waals surface area contributed by atoms with Crippen molar-refractivity contribution in [2.75, 3.05) is 20.6 Å². The van der Waals surface area contributed by atoms with Crippen LogP contribution in [0.1, 0.15) is 113 Å². The Kier molecular flexibility index (Phi) is 18.3. The third-order valence-corrected chi connectivity index (χ3v) is 12.1. The first kappa shape index (κ1) is 50.8. The number of hydrogen-bond acceptors (Lipinski definition) is 9. The normalized spacial score (nSPS) is 20.8. The average Bonchev–Trinajstić information content (AvgIpc) is 3.61. The number of likely N-dealkylation sites (tertiary alicyclic amines) is 1. The lowest BCUT2D eigenvalue weighted by molar-refractivity contribution is -0.144. The topological polar surface area (TPSA) is 219 Å². The summed E-state index contributed by atoms with van der Waals surface area (Å²) in [6.45, 7) is 20.2. The molecule has 0 saturated carbocycles. The number of carbonyl (C=O) groups excluding carboxylic acids is 7. The van der Waals surface area contributed by atoms with Gasteiger partial charge in [0.2, 0.25) is 41.4 Å². The molecule has 61 heavy (non-hydrogen) atoms. The maximum Gasteiger partial charge on any atom is 0.246 e. The molecule has 342 valence electrons. The van der Waals surface area contributed by atoms with Gasteiger partial charge in [-0.3, -0.25) is 33.6 Å². The fraction of sp³-hybridized carbons (Fsp3) is 0.711. The molecule has 9 atom stereocenters. The third-order valence-electron chi connectivity index (χ3n) is 12.1. The van der Waals surface area contributed by atoms with Crippen molar-refractivity contribution in [3.8, 4) is 0 Å². The van der Waals surface area contributed by atoms with Gasteiger partial charge < -0.3 is 47.4 Å². The molecule has 1 aliphatic carbocycles. The van der Waals surface area contributed by atoms with Gasteiger partial charge in [0.15, 0.2) is 0 Å². The Balaban J connectivity index is 1.84. The van der Waals surface area contributed by atoms with Gasteiger partial charge in [-0.15, -0.1) is 0 Å². The molecule has 7 amide bonds. The lowest BCUT2D eigenvalue weighted by Crippen LogP contribution is -2.60. The SMILES string of the molecule is CN[C@@H](C)C(=O)N[C@@H](CCC(=O)N[C@H]1CC(C(=O)N[C@@H]2CCc3ccccc3C2)N(C(=O)[C@@H](NC(=O)[C@H](C)NC)C(C)(C)C)C1)C(=O)N[C@H](C(=O)N[C@@H](C)C(C)C)C(C)(C)C. The summed E-state index contributed by atoms with van der Waals surface area (Å²) in [7, 11) is 3.26. The summed E-state index contributed by atoms with van der Waals surface area (Å²) >= 11 is 0. The summed E-state index contributed by atoms with van der Waals surface area (Å²) in [4.78, 5) is 97.3. The molecule has 0 spiro atoms. The Morgan fingerprint density at radius 1 is 0.689 bits per heavy atom. The van der Waals surface area contributed by atoms with Crippen LogP contribution in [0.3, 0.4) is 0 Å². The Hall–Kier alpha value is -4.57. The molecule has 1 saturated heterocycles. The van der Waals surface area contributed by atoms with Crippen molar-refractivity contribution in [2.45, 2.75) is 169 Å². The van der Waals surface area contributed by atoms with E-state index in [1.807, 2.05) is 74.4 Å². The van der Waals surface area contributed by atoms with Crippen molar-refractivity contribution in [2.24, 2.45) is 16.7 Å². The predicted molar refractivity (Wildman–Crippen MR) is 236 cm³/mol. The second kappa shape index (κ2) is 22.0. The first-order valence-electron chi connectivity index (χ1n) is 21.9. The Bertz CT molecular complexity index is 1720. The van der Waals surface area contributed by atoms with Gasteiger partial charge in [0.1, 0.15) is 24.2 Å². The van der Waals surface area contributed by atoms with E-state index in [0.717, 1.165) is 12.8 Å². The average molecular weight is 854 g/mol. The van der Waals surface area contributed by atoms with Crippen molar-refractivity contribution >= 4 is 41.4 Å². The highest BCUT2D eigenvalue weighted by Crippen LogP contribution is 2.28. The van der Waals surface area contributed by atoms with E-state index in [-0.39, 0.29) is 61.5 Å². The van der Waals surface area contributed by atoms with Crippen LogP contribution in [0.5, 0.6) is 0 Å². The van der Waals surface area contributed by atoms with E-state index in [2.05, 4.69) is 54.7 Å². The number of carbonyl (C=O) groups is 7. The minimum atomic E-state index is -1.16. The van der Waals surface area contributed by atoms with Crippen LogP contribution in [-0.4, -0.2) is 121 Å². The highest BCUT2D eigenvalue weighted by atomic mass is 16.2. The Labute approximate surface area is 363 Å². The molecule has 16 nitrogen and oxygen atoms in total. The summed E-state index contributed by atoms with van der Waals surface area (Å²) in [5.74, 6) is -2.86. The van der Waals surface area contributed by atoms with Gasteiger partial charge >= 0.3 is 0 Å². The van der Waals surface area contributed by atoms with Crippen LogP contribution in [0.4, 0.5) is 0 Å². The number of hydrogen-bond donors (Lipinski definition) is 8. The maximum absolute atomic E-state index is 14.5. The smallest absolute Gasteiger partial charge is 0.246 e. The van der Waals surface area contributed by atoms with Gasteiger partial charge in [-0.25, -0.2) is 0 Å². The molecule has 1 fully saturated rings. The fourth-order valence-corrected chi connectivity index (χ4v) is 7.43. The number of fused-ring (bicyclic) bond motifs is 1. The summed E-state index contributed by atoms with van der Waals surface area (Å²) in [6.07, 6.45) is 2.05. The van der Waals surface area contributed by atoms with Crippen LogP contribution < -0.4 is 42.5 Å². The van der Waals surface area contributed by atoms with Gasteiger partial charge in [-0.1, -0.05) is 79.7 Å². The van der Waals surface area contributed by atoms with Gasteiger partial charge in [0.05, 0.1) is 12.1 Å². The maximum atomic E-state index is 14.5. The highest BCUT2D eigenvalue weighted by molar-refractivity contribution is 5.95. The van der Waals surface area contributed by atoms with Gasteiger partial charge in [0.25, 0.3) is 0 Å². The summed E-state index contributed by atoms with van der Waals surface area (Å²) < 4.78 is 0. The first-order valence-corrected chi connectivity index (χ1v) is 21.9. The molecule has 2 aliphatic rings. The van der Waals surface area contributed by atoms with Crippen LogP contribution in [0, 0.1) is 16.7 Å². The van der Waals surface area contributed by atoms with Crippen molar-refractivity contribution in [1.82, 2.24) is 47.4 Å². The van der Waals surface area contributed by atoms with Gasteiger partial charge in [-0.05, 0) is 94.8 Å². The van der Waals surface area contributed by atoms with E-state index in [1.165, 1.54) is 16.0 Å². The number of amides is 7. The molecule has 3 rings (SSSR count). The summed E-state index contributed by atoms with van der Waals surface area (Å²) in [5.41, 5.74) is 1.01. The van der Waals surface area contributed by atoms with Crippen molar-refractivity contribution in [3.05, 3.63) is 35.4 Å². The van der Waals surface area contributed by atoms with Crippen molar-refractivity contribution in [3.63, 3.8) is 0 Å². The summed E-state index contributed by atoms with van der Waals surface area (Å²) in [6, 6.07) is 1.99. The van der Waals surface area contributed by atoms with E-state index in [9.17, 15) is 33.6 Å². The quantitative estimate of drug-likeness (QED) is 0.107. The Morgan fingerprint density at radius 2 is 1.25 bits per heavy atom. The molecule has 0 radical (unpaired) electrons. The number of nitrogens with one attached hydrogen (secondary N) is 8. The largest absolute Gasteiger partial charge is 0.352 e. The molecular formula is C45H75N9O7. The number of benzene rings is 1. The second-order valence-electron chi connectivity index (χ2n) is 19.5. The molecule has 8 N–H and O–H groups in total. The second-order valence-corrected chi connectivity index (χ2v) is 19.5. The molecule has 1 aromatic carbocycles. The van der Waals surface area contributed by atoms with E-state index in [1.54, 1.807) is 27.9 Å². The first-order chi connectivity index (χ1) is 28.4. The number of aryl methyl sites for hydroxylation is 1. The highest BCUT2D eigenvalue weighted by Gasteiger charge is 2.46. The van der Waals surface area contributed by atoms with Crippen LogP contribution in [0.25, 0.3) is 0 Å². The van der Waals surface area contributed by atoms with Crippen LogP contribution in [-0.2, 0) is 46.4 Å². The lowest BCUT2D eigenvalue weighted by atomic mass is 9.85. The fourth-order valence-electron chi connectivity index (χ4n) is 7.43. The molecule has 16 heteroatoms. The monoisotopic (exact) mass is 854 g/mol. The molecule has 1 unspecified atom stereocenters. The van der Waals surface area contributed by atoms with Gasteiger partial charge in [-0.2, -0.15) is 0 Å². The van der Waals surface area contributed by atoms with Crippen LogP contribution in [0.2, 0.25) is 0 Å². The zero-order valence-corrected chi connectivity index (χ0v) is 38.8. The lowest BCUT2D eigenvalue weighted by Gasteiger charge is -2.36. The van der Waals surface area contributed by atoms with E-state index < -0.39 is 76.8 Å². The van der Waals surface area contributed by atoms with Gasteiger partial charge in [0, 0.05) is 31.1 Å². The minimum Gasteiger partial charge on any atom is -0.352 e. The van der Waals surface area contributed by atoms with E-state index in [4.69, 9.17) is 0 Å². The zero-order valence-electron chi connectivity index (χ0n) is 38.8. The molecule has 1 aliphatic heterocycles. The van der Waals surface area contributed by atoms with Crippen LogP contribution in [0.15, 0.2) is 24.3 Å². The van der Waals surface area contributed by atoms with Crippen LogP contribution >= 0.6 is 0 Å². The van der Waals surface area contributed by atoms with Crippen molar-refractivity contribution < 1.29 is 33.6 Å². The summed E-state index contributed by atoms with van der Waals surface area (Å²) in [5, 5.41) is 23.4. The number of likely N-dealkylation sites (N-methyl/N-ethyl adjacent to an activating group) is 2. The molecule has 0 bridgehead atoms. The molecule has 0 aromatic heterocycles. The zero-order chi connectivity index (χ0) is 46.0. The van der Waals surface area contributed by atoms with Crippen molar-refractivity contribution in [1.29, 1.82) is 0 Å². The minimum absolute atomic E-state index is 0.0116. The Morgan fingerprint density at radius 3 is 1.80 bits per heavy atom. The molecular weight excluding hydrogens is 779 g/mol. The third kappa shape index (κ3) is 14.5. The number of rotatable bonds is 18. The molecule has 1 heterocycles. The predicted octanol–water partition coefficient (Wildman–Crippen LogP) is 1.45. The number of nitrogens with zero attached hydrogens (tertiary/aromatic N) is 1. The standard InChI is InChI=1S/C45H75N9O7/c1-25(2)26(3)48-42(60)36(44(6,7)8)52-40(58)33(51-38(56)27(4)46-12)20-21-35(55)49-32-23-34(41(59)50-31-19-18-29-16-14-15-17-30(29)22-31)54(24-32)43(61)37(45(9,10)11)53-39(57)28(5)47-13/h14-17,25-28,31-34,36-37,46-47H,18-24H2,1-13H3,(H,48,60)(H,49,55)(H,50,59)(H,51,56)(H,52,58)(H,53,57)/t26-,27-,28-,31+,32-,33-,34?,36+,37+/m0/s1.